The van der Waals surface area contributed by atoms with Crippen LogP contribution in [0.3, 0.4) is 0 Å². The van der Waals surface area contributed by atoms with E-state index in [1.807, 2.05) is 72.8 Å². The second-order valence-electron chi connectivity index (χ2n) is 11.0. The summed E-state index contributed by atoms with van der Waals surface area (Å²) >= 11 is 0. The molecule has 3 N–H and O–H groups in total. The van der Waals surface area contributed by atoms with Crippen LogP contribution in [-0.2, 0) is 16.1 Å². The first-order valence-electron chi connectivity index (χ1n) is 15.1. The molecule has 7 nitrogen and oxygen atoms in total. The summed E-state index contributed by atoms with van der Waals surface area (Å²) in [7, 11) is 0. The number of fused-ring (bicyclic) bond motifs is 1. The number of nitrogens with one attached hydrogen (secondary N) is 1. The third-order valence-electron chi connectivity index (χ3n) is 7.77. The van der Waals surface area contributed by atoms with Crippen LogP contribution in [0, 0.1) is 11.8 Å². The lowest BCUT2D eigenvalue weighted by molar-refractivity contribution is -0.137. The zero-order valence-electron chi connectivity index (χ0n) is 24.7. The van der Waals surface area contributed by atoms with Crippen LogP contribution in [0.5, 0.6) is 5.75 Å². The summed E-state index contributed by atoms with van der Waals surface area (Å²) in [6.45, 7) is 4.25. The molecule has 5 rings (SSSR count). The van der Waals surface area contributed by atoms with Crippen LogP contribution in [0.4, 0.5) is 5.82 Å². The number of carbonyl (C=O) groups is 1. The Kier molecular flexibility index (Phi) is 10.5. The van der Waals surface area contributed by atoms with Gasteiger partial charge in [-0.2, -0.15) is 0 Å². The maximum absolute atomic E-state index is 11.8. The van der Waals surface area contributed by atoms with Crippen molar-refractivity contribution in [3.63, 3.8) is 0 Å². The minimum Gasteiger partial charge on any atom is -0.489 e. The van der Waals surface area contributed by atoms with Crippen LogP contribution in [0.1, 0.15) is 55.1 Å². The van der Waals surface area contributed by atoms with E-state index in [1.54, 1.807) is 13.0 Å². The van der Waals surface area contributed by atoms with E-state index in [-0.39, 0.29) is 5.97 Å². The predicted molar refractivity (Wildman–Crippen MR) is 174 cm³/mol. The summed E-state index contributed by atoms with van der Waals surface area (Å²) in [6, 6.07) is 24.0. The summed E-state index contributed by atoms with van der Waals surface area (Å²) in [4.78, 5) is 21.6. The van der Waals surface area contributed by atoms with Gasteiger partial charge in [-0.1, -0.05) is 61.0 Å². The number of aromatic nitrogens is 2. The van der Waals surface area contributed by atoms with Gasteiger partial charge in [0.1, 0.15) is 18.2 Å². The van der Waals surface area contributed by atoms with Crippen molar-refractivity contribution in [1.29, 1.82) is 0 Å². The van der Waals surface area contributed by atoms with Crippen molar-refractivity contribution in [2.24, 2.45) is 17.6 Å². The molecule has 1 aliphatic carbocycles. The summed E-state index contributed by atoms with van der Waals surface area (Å²) in [5, 5.41) is 4.54. The highest BCUT2D eigenvalue weighted by Crippen LogP contribution is 2.30. The van der Waals surface area contributed by atoms with Gasteiger partial charge in [0, 0.05) is 18.0 Å². The molecule has 1 saturated carbocycles. The zero-order chi connectivity index (χ0) is 29.9. The van der Waals surface area contributed by atoms with Crippen LogP contribution in [0.25, 0.3) is 29.1 Å². The van der Waals surface area contributed by atoms with Gasteiger partial charge in [-0.3, -0.25) is 0 Å². The fourth-order valence-corrected chi connectivity index (χ4v) is 5.46. The number of hydrogen-bond donors (Lipinski definition) is 2. The second-order valence-corrected chi connectivity index (χ2v) is 11.0. The molecule has 0 saturated heterocycles. The minimum atomic E-state index is -0.361. The fourth-order valence-electron chi connectivity index (χ4n) is 5.46. The maximum atomic E-state index is 11.8. The van der Waals surface area contributed by atoms with Crippen LogP contribution in [-0.4, -0.2) is 35.6 Å². The van der Waals surface area contributed by atoms with Crippen molar-refractivity contribution in [3.8, 4) is 5.75 Å². The standard InChI is InChI=1S/C36H40N4O3/c1-2-42-35(41)20-15-27-13-18-33-32(22-27)36(38-24-30-10-6-9-29(21-30)23-37)40-34(39-33)19-14-26-11-16-31(17-12-26)43-25-28-7-4-3-5-8-28/h3-5,7-8,11-20,22,29-30H,2,6,9-10,21,23-25,37H2,1H3,(H,38,39,40)/b19-14+,20-15+. The highest BCUT2D eigenvalue weighted by Gasteiger charge is 2.21. The molecular formula is C36H40N4O3. The molecule has 1 heterocycles. The Labute approximate surface area is 253 Å². The minimum absolute atomic E-state index is 0.345. The molecule has 0 radical (unpaired) electrons. The van der Waals surface area contributed by atoms with Gasteiger partial charge in [0.05, 0.1) is 12.1 Å². The van der Waals surface area contributed by atoms with Gasteiger partial charge in [-0.15, -0.1) is 0 Å². The molecule has 0 bridgehead atoms. The highest BCUT2D eigenvalue weighted by atomic mass is 16.5. The van der Waals surface area contributed by atoms with E-state index in [0.717, 1.165) is 58.7 Å². The van der Waals surface area contributed by atoms with Crippen molar-refractivity contribution in [2.45, 2.75) is 39.2 Å². The first kappa shape index (κ1) is 30.0. The van der Waals surface area contributed by atoms with Gasteiger partial charge in [0.15, 0.2) is 5.82 Å². The van der Waals surface area contributed by atoms with Crippen molar-refractivity contribution in [2.75, 3.05) is 25.0 Å². The predicted octanol–water partition coefficient (Wildman–Crippen LogP) is 7.13. The van der Waals surface area contributed by atoms with Crippen LogP contribution in [0.2, 0.25) is 0 Å². The Morgan fingerprint density at radius 2 is 1.74 bits per heavy atom. The van der Waals surface area contributed by atoms with Crippen molar-refractivity contribution >= 4 is 40.9 Å². The number of carbonyl (C=O) groups excluding carboxylic acids is 1. The Balaban J connectivity index is 1.34. The molecule has 222 valence electrons. The molecule has 0 spiro atoms. The average Bonchev–Trinajstić information content (AvgIpc) is 3.05. The lowest BCUT2D eigenvalue weighted by Crippen LogP contribution is -2.26. The average molecular weight is 577 g/mol. The van der Waals surface area contributed by atoms with Crippen LogP contribution in [0.15, 0.2) is 78.9 Å². The SMILES string of the molecule is CCOC(=O)/C=C/c1ccc2nc(/C=C/c3ccc(OCc4ccccc4)cc3)nc(NCC3CCCC(CN)C3)c2c1. The van der Waals surface area contributed by atoms with Crippen LogP contribution < -0.4 is 15.8 Å². The number of hydrogen-bond acceptors (Lipinski definition) is 7. The monoisotopic (exact) mass is 576 g/mol. The number of esters is 1. The molecule has 43 heavy (non-hydrogen) atoms. The molecule has 1 fully saturated rings. The van der Waals surface area contributed by atoms with Crippen LogP contribution >= 0.6 is 0 Å². The van der Waals surface area contributed by atoms with Crippen molar-refractivity contribution in [1.82, 2.24) is 9.97 Å². The molecule has 2 atom stereocenters. The molecular weight excluding hydrogens is 536 g/mol. The van der Waals surface area contributed by atoms with Gasteiger partial charge < -0.3 is 20.5 Å². The van der Waals surface area contributed by atoms with E-state index < -0.39 is 0 Å². The summed E-state index contributed by atoms with van der Waals surface area (Å²) in [5.74, 6) is 3.02. The van der Waals surface area contributed by atoms with E-state index >= 15 is 0 Å². The summed E-state index contributed by atoms with van der Waals surface area (Å²) < 4.78 is 11.0. The molecule has 3 aromatic carbocycles. The van der Waals surface area contributed by atoms with E-state index in [2.05, 4.69) is 17.4 Å². The molecule has 1 aliphatic rings. The van der Waals surface area contributed by atoms with Crippen molar-refractivity contribution < 1.29 is 14.3 Å². The summed E-state index contributed by atoms with van der Waals surface area (Å²) in [6.07, 6.45) is 11.9. The number of ether oxygens (including phenoxy) is 2. The van der Waals surface area contributed by atoms with E-state index in [1.165, 1.54) is 25.3 Å². The van der Waals surface area contributed by atoms with Gasteiger partial charge in [-0.05, 0) is 97.7 Å². The molecule has 4 aromatic rings. The van der Waals surface area contributed by atoms with Gasteiger partial charge in [0.25, 0.3) is 0 Å². The third kappa shape index (κ3) is 8.75. The topological polar surface area (TPSA) is 99.4 Å². The Morgan fingerprint density at radius 1 is 0.953 bits per heavy atom. The quantitative estimate of drug-likeness (QED) is 0.137. The molecule has 7 heteroatoms. The van der Waals surface area contributed by atoms with Crippen molar-refractivity contribution in [3.05, 3.63) is 101 Å². The largest absolute Gasteiger partial charge is 0.489 e. The number of nitrogens with two attached hydrogens (primary N) is 1. The first-order chi connectivity index (χ1) is 21.1. The number of nitrogens with zero attached hydrogens (tertiary/aromatic N) is 2. The Bertz CT molecular complexity index is 1550. The fraction of sp³-hybridized carbons (Fsp3) is 0.306. The van der Waals surface area contributed by atoms with E-state index in [4.69, 9.17) is 25.2 Å². The Morgan fingerprint density at radius 3 is 2.53 bits per heavy atom. The molecule has 1 aromatic heterocycles. The number of rotatable bonds is 12. The summed E-state index contributed by atoms with van der Waals surface area (Å²) in [5.41, 5.74) is 9.86. The normalized spacial score (nSPS) is 17.0. The third-order valence-corrected chi connectivity index (χ3v) is 7.77. The first-order valence-corrected chi connectivity index (χ1v) is 15.1. The van der Waals surface area contributed by atoms with Gasteiger partial charge in [0.2, 0.25) is 0 Å². The highest BCUT2D eigenvalue weighted by molar-refractivity contribution is 5.93. The number of anilines is 1. The molecule has 0 aliphatic heterocycles. The molecule has 2 unspecified atom stereocenters. The van der Waals surface area contributed by atoms with E-state index in [0.29, 0.717) is 30.9 Å². The lowest BCUT2D eigenvalue weighted by atomic mass is 9.81. The smallest absolute Gasteiger partial charge is 0.330 e. The Hall–Kier alpha value is -4.49. The second kappa shape index (κ2) is 15.1. The lowest BCUT2D eigenvalue weighted by Gasteiger charge is -2.28. The zero-order valence-corrected chi connectivity index (χ0v) is 24.7. The maximum Gasteiger partial charge on any atom is 0.330 e. The van der Waals surface area contributed by atoms with Gasteiger partial charge in [-0.25, -0.2) is 14.8 Å². The van der Waals surface area contributed by atoms with Gasteiger partial charge >= 0.3 is 5.97 Å². The van der Waals surface area contributed by atoms with E-state index in [9.17, 15) is 4.79 Å². The number of benzene rings is 3. The molecule has 0 amide bonds.